The summed E-state index contributed by atoms with van der Waals surface area (Å²) in [5.74, 6) is 0.822. The van der Waals surface area contributed by atoms with E-state index in [1.807, 2.05) is 42.5 Å². The number of fused-ring (bicyclic) bond motifs is 3. The van der Waals surface area contributed by atoms with E-state index < -0.39 is 0 Å². The van der Waals surface area contributed by atoms with Crippen molar-refractivity contribution in [2.24, 2.45) is 0 Å². The van der Waals surface area contributed by atoms with E-state index in [9.17, 15) is 4.79 Å². The van der Waals surface area contributed by atoms with Crippen molar-refractivity contribution in [1.82, 2.24) is 19.6 Å². The van der Waals surface area contributed by atoms with Crippen molar-refractivity contribution in [2.75, 3.05) is 20.2 Å². The molecule has 178 valence electrons. The molecule has 1 saturated heterocycles. The van der Waals surface area contributed by atoms with Gasteiger partial charge in [0.25, 0.3) is 5.91 Å². The fourth-order valence-electron chi connectivity index (χ4n) is 5.02. The molecule has 0 saturated carbocycles. The van der Waals surface area contributed by atoms with Gasteiger partial charge >= 0.3 is 0 Å². The average molecular weight is 477 g/mol. The predicted molar refractivity (Wildman–Crippen MR) is 139 cm³/mol. The summed E-state index contributed by atoms with van der Waals surface area (Å²) < 4.78 is 8.41. The number of nitrogens with zero attached hydrogens (tertiary/aromatic N) is 3. The molecule has 0 aliphatic carbocycles. The van der Waals surface area contributed by atoms with E-state index in [0.29, 0.717) is 24.2 Å². The minimum Gasteiger partial charge on any atom is -0.497 e. The Balaban J connectivity index is 1.24. The van der Waals surface area contributed by atoms with Crippen molar-refractivity contribution in [3.8, 4) is 17.0 Å². The largest absolute Gasteiger partial charge is 0.497 e. The molecule has 2 atom stereocenters. The standard InChI is InChI=1S/C27H32N4O2S/c1-18-6-4-7-19(2)30(18)15-5-14-28-26(32)21-10-13-24-25(16-21)34-27-29-23(17-31(24)27)20-8-11-22(33-3)12-9-20/h8-13,16-19H,4-7,14-15H2,1-3H3,(H,28,32). The molecule has 2 aromatic heterocycles. The molecule has 4 aromatic rings. The normalized spacial score (nSPS) is 19.0. The average Bonchev–Trinajstić information content (AvgIpc) is 3.41. The third kappa shape index (κ3) is 4.55. The quantitative estimate of drug-likeness (QED) is 0.352. The summed E-state index contributed by atoms with van der Waals surface area (Å²) in [5, 5.41) is 3.11. The molecule has 1 amide bonds. The lowest BCUT2D eigenvalue weighted by Crippen LogP contribution is -2.44. The van der Waals surface area contributed by atoms with Crippen molar-refractivity contribution in [3.05, 3.63) is 54.2 Å². The Hall–Kier alpha value is -2.90. The van der Waals surface area contributed by atoms with E-state index in [4.69, 9.17) is 9.72 Å². The fourth-order valence-corrected chi connectivity index (χ4v) is 6.07. The second-order valence-electron chi connectivity index (χ2n) is 9.27. The number of likely N-dealkylation sites (tertiary alicyclic amines) is 1. The molecule has 3 heterocycles. The lowest BCUT2D eigenvalue weighted by atomic mass is 9.97. The summed E-state index contributed by atoms with van der Waals surface area (Å²) in [6, 6.07) is 15.1. The summed E-state index contributed by atoms with van der Waals surface area (Å²) >= 11 is 1.60. The van der Waals surface area contributed by atoms with Crippen molar-refractivity contribution < 1.29 is 9.53 Å². The molecule has 1 aliphatic heterocycles. The molecule has 2 aromatic carbocycles. The molecule has 1 fully saturated rings. The molecule has 1 N–H and O–H groups in total. The number of hydrogen-bond donors (Lipinski definition) is 1. The summed E-state index contributed by atoms with van der Waals surface area (Å²) in [5.41, 5.74) is 3.74. The fraction of sp³-hybridized carbons (Fsp3) is 0.407. The Morgan fingerprint density at radius 1 is 1.15 bits per heavy atom. The van der Waals surface area contributed by atoms with Gasteiger partial charge in [0.15, 0.2) is 4.96 Å². The van der Waals surface area contributed by atoms with Gasteiger partial charge in [-0.1, -0.05) is 17.8 Å². The summed E-state index contributed by atoms with van der Waals surface area (Å²) in [7, 11) is 1.67. The molecule has 0 radical (unpaired) electrons. The molecule has 0 spiro atoms. The molecular weight excluding hydrogens is 444 g/mol. The van der Waals surface area contributed by atoms with Crippen LogP contribution >= 0.6 is 11.3 Å². The Labute approximate surface area is 204 Å². The van der Waals surface area contributed by atoms with Crippen LogP contribution in [0.4, 0.5) is 0 Å². The number of amides is 1. The van der Waals surface area contributed by atoms with Gasteiger partial charge in [-0.15, -0.1) is 0 Å². The third-order valence-electron chi connectivity index (χ3n) is 7.00. The first-order valence-electron chi connectivity index (χ1n) is 12.1. The zero-order valence-corrected chi connectivity index (χ0v) is 20.9. The summed E-state index contributed by atoms with van der Waals surface area (Å²) in [6.45, 7) is 6.38. The number of ether oxygens (including phenoxy) is 1. The predicted octanol–water partition coefficient (Wildman–Crippen LogP) is 5.61. The summed E-state index contributed by atoms with van der Waals surface area (Å²) in [6.07, 6.45) is 6.92. The zero-order chi connectivity index (χ0) is 23.7. The van der Waals surface area contributed by atoms with Crippen molar-refractivity contribution >= 4 is 32.4 Å². The number of hydrogen-bond acceptors (Lipinski definition) is 5. The second-order valence-corrected chi connectivity index (χ2v) is 10.3. The highest BCUT2D eigenvalue weighted by atomic mass is 32.1. The van der Waals surface area contributed by atoms with Gasteiger partial charge in [0.2, 0.25) is 0 Å². The maximum absolute atomic E-state index is 12.8. The Morgan fingerprint density at radius 3 is 2.65 bits per heavy atom. The van der Waals surface area contributed by atoms with E-state index in [0.717, 1.165) is 45.1 Å². The number of methoxy groups -OCH3 is 1. The topological polar surface area (TPSA) is 58.9 Å². The monoisotopic (exact) mass is 476 g/mol. The highest BCUT2D eigenvalue weighted by molar-refractivity contribution is 7.23. The first kappa shape index (κ1) is 22.9. The van der Waals surface area contributed by atoms with Crippen molar-refractivity contribution in [2.45, 2.75) is 51.6 Å². The maximum atomic E-state index is 12.8. The van der Waals surface area contributed by atoms with Gasteiger partial charge in [0.1, 0.15) is 5.75 Å². The number of imidazole rings is 1. The minimum atomic E-state index is -0.00777. The van der Waals surface area contributed by atoms with E-state index in [-0.39, 0.29) is 5.91 Å². The molecule has 5 rings (SSSR count). The lowest BCUT2D eigenvalue weighted by Gasteiger charge is -2.39. The smallest absolute Gasteiger partial charge is 0.251 e. The number of carbonyl (C=O) groups excluding carboxylic acids is 1. The zero-order valence-electron chi connectivity index (χ0n) is 20.1. The molecule has 1 aliphatic rings. The van der Waals surface area contributed by atoms with Gasteiger partial charge in [-0.25, -0.2) is 4.98 Å². The van der Waals surface area contributed by atoms with Crippen LogP contribution in [0.3, 0.4) is 0 Å². The SMILES string of the molecule is COc1ccc(-c2cn3c(n2)sc2cc(C(=O)NCCCN4C(C)CCCC4C)ccc23)cc1. The molecule has 34 heavy (non-hydrogen) atoms. The van der Waals surface area contributed by atoms with E-state index in [1.54, 1.807) is 18.4 Å². The van der Waals surface area contributed by atoms with Crippen LogP contribution in [0.2, 0.25) is 0 Å². The maximum Gasteiger partial charge on any atom is 0.251 e. The second kappa shape index (κ2) is 9.76. The first-order chi connectivity index (χ1) is 16.5. The van der Waals surface area contributed by atoms with Crippen LogP contribution in [0.25, 0.3) is 26.4 Å². The van der Waals surface area contributed by atoms with Gasteiger partial charge in [0, 0.05) is 42.5 Å². The molecule has 0 bridgehead atoms. The molecular formula is C27H32N4O2S. The first-order valence-corrected chi connectivity index (χ1v) is 12.9. The van der Waals surface area contributed by atoms with Gasteiger partial charge in [-0.2, -0.15) is 0 Å². The van der Waals surface area contributed by atoms with Gasteiger partial charge in [-0.05, 0) is 75.6 Å². The number of thiazole rings is 1. The Bertz CT molecular complexity index is 1280. The van der Waals surface area contributed by atoms with Gasteiger partial charge in [-0.3, -0.25) is 14.1 Å². The molecule has 7 heteroatoms. The number of carbonyl (C=O) groups is 1. The lowest BCUT2D eigenvalue weighted by molar-refractivity contribution is 0.0925. The van der Waals surface area contributed by atoms with E-state index >= 15 is 0 Å². The van der Waals surface area contributed by atoms with Crippen molar-refractivity contribution in [1.29, 1.82) is 0 Å². The number of aromatic nitrogens is 2. The highest BCUT2D eigenvalue weighted by Crippen LogP contribution is 2.31. The van der Waals surface area contributed by atoms with Crippen LogP contribution in [-0.2, 0) is 0 Å². The van der Waals surface area contributed by atoms with Crippen LogP contribution in [0.1, 0.15) is 49.9 Å². The van der Waals surface area contributed by atoms with E-state index in [1.165, 1.54) is 19.3 Å². The van der Waals surface area contributed by atoms with Crippen LogP contribution < -0.4 is 10.1 Å². The molecule has 6 nitrogen and oxygen atoms in total. The van der Waals surface area contributed by atoms with E-state index in [2.05, 4.69) is 34.7 Å². The highest BCUT2D eigenvalue weighted by Gasteiger charge is 2.23. The minimum absolute atomic E-state index is 0.00777. The number of nitrogens with one attached hydrogen (secondary N) is 1. The molecule has 2 unspecified atom stereocenters. The van der Waals surface area contributed by atoms with Crippen LogP contribution in [0.15, 0.2) is 48.7 Å². The third-order valence-corrected chi connectivity index (χ3v) is 8.01. The Kier molecular flexibility index (Phi) is 6.57. The van der Waals surface area contributed by atoms with Gasteiger partial charge < -0.3 is 10.1 Å². The van der Waals surface area contributed by atoms with Crippen molar-refractivity contribution in [3.63, 3.8) is 0 Å². The van der Waals surface area contributed by atoms with Crippen LogP contribution in [0, 0.1) is 0 Å². The summed E-state index contributed by atoms with van der Waals surface area (Å²) in [4.78, 5) is 21.1. The number of piperidine rings is 1. The van der Waals surface area contributed by atoms with Crippen LogP contribution in [0.5, 0.6) is 5.75 Å². The number of benzene rings is 2. The Morgan fingerprint density at radius 2 is 1.91 bits per heavy atom. The number of rotatable bonds is 7. The van der Waals surface area contributed by atoms with Gasteiger partial charge in [0.05, 0.1) is 23.0 Å². The van der Waals surface area contributed by atoms with Crippen LogP contribution in [-0.4, -0.2) is 52.5 Å².